The van der Waals surface area contributed by atoms with Gasteiger partial charge < -0.3 is 10.2 Å². The molecule has 2 aromatic carbocycles. The van der Waals surface area contributed by atoms with Crippen LogP contribution in [0.3, 0.4) is 0 Å². The first-order chi connectivity index (χ1) is 14.1. The molecule has 0 spiro atoms. The number of hydrogen-bond acceptors (Lipinski definition) is 3. The van der Waals surface area contributed by atoms with Gasteiger partial charge in [-0.2, -0.15) is 0 Å². The summed E-state index contributed by atoms with van der Waals surface area (Å²) in [4.78, 5) is 29.9. The molecule has 1 atom stereocenters. The van der Waals surface area contributed by atoms with Crippen molar-refractivity contribution in [1.82, 2.24) is 15.1 Å². The van der Waals surface area contributed by atoms with Crippen molar-refractivity contribution in [2.45, 2.75) is 38.8 Å². The van der Waals surface area contributed by atoms with Crippen molar-refractivity contribution in [3.05, 3.63) is 71.8 Å². The highest BCUT2D eigenvalue weighted by Crippen LogP contribution is 2.27. The maximum Gasteiger partial charge on any atom is 0.251 e. The smallest absolute Gasteiger partial charge is 0.251 e. The second-order valence-corrected chi connectivity index (χ2v) is 7.47. The van der Waals surface area contributed by atoms with Crippen LogP contribution in [0, 0.1) is 0 Å². The van der Waals surface area contributed by atoms with Gasteiger partial charge in [-0.05, 0) is 44.4 Å². The minimum Gasteiger partial charge on any atom is -0.349 e. The lowest BCUT2D eigenvalue weighted by Crippen LogP contribution is -2.49. The van der Waals surface area contributed by atoms with Gasteiger partial charge in [0.1, 0.15) is 6.04 Å². The summed E-state index contributed by atoms with van der Waals surface area (Å²) >= 11 is 0. The third-order valence-electron chi connectivity index (χ3n) is 5.69. The van der Waals surface area contributed by atoms with Gasteiger partial charge in [-0.1, -0.05) is 48.5 Å². The van der Waals surface area contributed by atoms with Gasteiger partial charge in [0.2, 0.25) is 5.91 Å². The van der Waals surface area contributed by atoms with Crippen LogP contribution in [0.1, 0.15) is 48.7 Å². The van der Waals surface area contributed by atoms with E-state index in [4.69, 9.17) is 0 Å². The second-order valence-electron chi connectivity index (χ2n) is 7.47. The minimum absolute atomic E-state index is 0.0251. The van der Waals surface area contributed by atoms with Crippen LogP contribution >= 0.6 is 0 Å². The lowest BCUT2D eigenvalue weighted by molar-refractivity contribution is -0.137. The standard InChI is InChI=1S/C24H31N3O2/c1-3-26(4-2)24(29)22(19-11-7-5-8-12-19)27-17-15-21(16-18-27)25-23(28)20-13-9-6-10-14-20/h5-14,21-22H,3-4,15-18H2,1-2H3,(H,25,28). The van der Waals surface area contributed by atoms with Gasteiger partial charge in [-0.25, -0.2) is 0 Å². The SMILES string of the molecule is CCN(CC)C(=O)C(c1ccccc1)N1CCC(NC(=O)c2ccccc2)CC1. The molecule has 0 radical (unpaired) electrons. The fourth-order valence-corrected chi connectivity index (χ4v) is 4.01. The van der Waals surface area contributed by atoms with Crippen molar-refractivity contribution in [3.8, 4) is 0 Å². The van der Waals surface area contributed by atoms with Gasteiger partial charge in [0.05, 0.1) is 0 Å². The number of piperidine rings is 1. The molecule has 0 saturated carbocycles. The first-order valence-electron chi connectivity index (χ1n) is 10.6. The largest absolute Gasteiger partial charge is 0.349 e. The maximum atomic E-state index is 13.3. The van der Waals surface area contributed by atoms with Crippen molar-refractivity contribution < 1.29 is 9.59 Å². The van der Waals surface area contributed by atoms with Crippen LogP contribution in [0.15, 0.2) is 60.7 Å². The quantitative estimate of drug-likeness (QED) is 0.783. The van der Waals surface area contributed by atoms with Crippen LogP contribution in [0.25, 0.3) is 0 Å². The molecule has 1 heterocycles. The summed E-state index contributed by atoms with van der Waals surface area (Å²) in [6.45, 7) is 7.03. The Morgan fingerprint density at radius 3 is 2.07 bits per heavy atom. The Bertz CT molecular complexity index is 782. The molecule has 1 aliphatic heterocycles. The molecule has 1 N–H and O–H groups in total. The van der Waals surface area contributed by atoms with E-state index in [-0.39, 0.29) is 23.9 Å². The van der Waals surface area contributed by atoms with Gasteiger partial charge in [-0.15, -0.1) is 0 Å². The van der Waals surface area contributed by atoms with Crippen LogP contribution in [-0.4, -0.2) is 53.8 Å². The predicted octanol–water partition coefficient (Wildman–Crippen LogP) is 3.49. The first kappa shape index (κ1) is 21.1. The van der Waals surface area contributed by atoms with Gasteiger partial charge in [0.25, 0.3) is 5.91 Å². The Morgan fingerprint density at radius 2 is 1.52 bits per heavy atom. The van der Waals surface area contributed by atoms with Crippen molar-refractivity contribution in [3.63, 3.8) is 0 Å². The average molecular weight is 394 g/mol. The molecule has 2 aromatic rings. The third kappa shape index (κ3) is 5.24. The van der Waals surface area contributed by atoms with Crippen molar-refractivity contribution in [1.29, 1.82) is 0 Å². The maximum absolute atomic E-state index is 13.3. The summed E-state index contributed by atoms with van der Waals surface area (Å²) in [5, 5.41) is 3.15. The van der Waals surface area contributed by atoms with Crippen LogP contribution < -0.4 is 5.32 Å². The zero-order chi connectivity index (χ0) is 20.6. The molecule has 1 aliphatic rings. The third-order valence-corrected chi connectivity index (χ3v) is 5.69. The summed E-state index contributed by atoms with van der Waals surface area (Å²) in [6, 6.07) is 19.2. The fraction of sp³-hybridized carbons (Fsp3) is 0.417. The zero-order valence-electron chi connectivity index (χ0n) is 17.4. The van der Waals surface area contributed by atoms with Gasteiger partial charge >= 0.3 is 0 Å². The van der Waals surface area contributed by atoms with E-state index in [2.05, 4.69) is 10.2 Å². The molecular formula is C24H31N3O2. The fourth-order valence-electron chi connectivity index (χ4n) is 4.01. The molecule has 2 amide bonds. The van der Waals surface area contributed by atoms with Gasteiger partial charge in [-0.3, -0.25) is 14.5 Å². The van der Waals surface area contributed by atoms with Gasteiger partial charge in [0, 0.05) is 37.8 Å². The molecule has 5 heteroatoms. The molecule has 3 rings (SSSR count). The summed E-state index contributed by atoms with van der Waals surface area (Å²) in [7, 11) is 0. The summed E-state index contributed by atoms with van der Waals surface area (Å²) in [5.41, 5.74) is 1.73. The highest BCUT2D eigenvalue weighted by atomic mass is 16.2. The van der Waals surface area contributed by atoms with E-state index in [1.807, 2.05) is 79.4 Å². The van der Waals surface area contributed by atoms with E-state index < -0.39 is 0 Å². The normalized spacial score (nSPS) is 16.2. The molecule has 0 aromatic heterocycles. The Kier molecular flexibility index (Phi) is 7.42. The lowest BCUT2D eigenvalue weighted by atomic mass is 9.98. The van der Waals surface area contributed by atoms with E-state index >= 15 is 0 Å². The molecular weight excluding hydrogens is 362 g/mol. The van der Waals surface area contributed by atoms with E-state index in [9.17, 15) is 9.59 Å². The van der Waals surface area contributed by atoms with E-state index in [0.717, 1.165) is 31.5 Å². The van der Waals surface area contributed by atoms with Crippen LogP contribution in [-0.2, 0) is 4.79 Å². The number of likely N-dealkylation sites (N-methyl/N-ethyl adjacent to an activating group) is 1. The number of amides is 2. The summed E-state index contributed by atoms with van der Waals surface area (Å²) in [6.07, 6.45) is 1.68. The average Bonchev–Trinajstić information content (AvgIpc) is 2.77. The van der Waals surface area contributed by atoms with Crippen molar-refractivity contribution >= 4 is 11.8 Å². The van der Waals surface area contributed by atoms with Crippen LogP contribution in [0.4, 0.5) is 0 Å². The lowest BCUT2D eigenvalue weighted by Gasteiger charge is -2.39. The number of nitrogens with one attached hydrogen (secondary N) is 1. The number of benzene rings is 2. The highest BCUT2D eigenvalue weighted by molar-refractivity contribution is 5.94. The minimum atomic E-state index is -0.262. The molecule has 0 bridgehead atoms. The van der Waals surface area contributed by atoms with Crippen LogP contribution in [0.2, 0.25) is 0 Å². The molecule has 1 unspecified atom stereocenters. The summed E-state index contributed by atoms with van der Waals surface area (Å²) in [5.74, 6) is 0.135. The monoisotopic (exact) mass is 393 g/mol. The Balaban J connectivity index is 1.67. The van der Waals surface area contributed by atoms with E-state index in [0.29, 0.717) is 18.7 Å². The van der Waals surface area contributed by atoms with E-state index in [1.54, 1.807) is 0 Å². The second kappa shape index (κ2) is 10.2. The van der Waals surface area contributed by atoms with Crippen molar-refractivity contribution in [2.75, 3.05) is 26.2 Å². The number of likely N-dealkylation sites (tertiary alicyclic amines) is 1. The van der Waals surface area contributed by atoms with Crippen molar-refractivity contribution in [2.24, 2.45) is 0 Å². The predicted molar refractivity (Wildman–Crippen MR) is 116 cm³/mol. The molecule has 1 fully saturated rings. The van der Waals surface area contributed by atoms with Crippen LogP contribution in [0.5, 0.6) is 0 Å². The number of carbonyl (C=O) groups is 2. The van der Waals surface area contributed by atoms with Gasteiger partial charge in [0.15, 0.2) is 0 Å². The molecule has 5 nitrogen and oxygen atoms in total. The number of rotatable bonds is 7. The first-order valence-corrected chi connectivity index (χ1v) is 10.6. The molecule has 1 saturated heterocycles. The molecule has 0 aliphatic carbocycles. The summed E-state index contributed by atoms with van der Waals surface area (Å²) < 4.78 is 0. The highest BCUT2D eigenvalue weighted by Gasteiger charge is 2.33. The number of carbonyl (C=O) groups excluding carboxylic acids is 2. The Labute approximate surface area is 173 Å². The number of hydrogen-bond donors (Lipinski definition) is 1. The topological polar surface area (TPSA) is 52.7 Å². The Hall–Kier alpha value is -2.66. The van der Waals surface area contributed by atoms with E-state index in [1.165, 1.54) is 0 Å². The Morgan fingerprint density at radius 1 is 0.966 bits per heavy atom. The molecule has 29 heavy (non-hydrogen) atoms. The number of nitrogens with zero attached hydrogens (tertiary/aromatic N) is 2. The zero-order valence-corrected chi connectivity index (χ0v) is 17.4. The molecule has 154 valence electrons.